The number of aryl methyl sites for hydroxylation is 1. The van der Waals surface area contributed by atoms with Gasteiger partial charge in [0, 0.05) is 26.0 Å². The average Bonchev–Trinajstić information content (AvgIpc) is 2.21. The van der Waals surface area contributed by atoms with Crippen molar-refractivity contribution in [3.63, 3.8) is 0 Å². The molecule has 1 unspecified atom stereocenters. The molecule has 0 amide bonds. The molecule has 1 atom stereocenters. The van der Waals surface area contributed by atoms with Crippen molar-refractivity contribution >= 4 is 17.4 Å². The van der Waals surface area contributed by atoms with E-state index < -0.39 is 0 Å². The van der Waals surface area contributed by atoms with Gasteiger partial charge >= 0.3 is 0 Å². The molecule has 1 aromatic heterocycles. The minimum atomic E-state index is 0.0412. The molecular formula is C10H16ClN3O. The van der Waals surface area contributed by atoms with Gasteiger partial charge in [0.25, 0.3) is 0 Å². The molecule has 5 heteroatoms. The predicted octanol–water partition coefficient (Wildman–Crippen LogP) is 1.84. The van der Waals surface area contributed by atoms with E-state index in [4.69, 9.17) is 16.3 Å². The van der Waals surface area contributed by atoms with E-state index in [2.05, 4.69) is 15.3 Å². The second kappa shape index (κ2) is 6.58. The quantitative estimate of drug-likeness (QED) is 0.757. The number of aromatic nitrogens is 2. The molecule has 0 spiro atoms. The number of ether oxygens (including phenoxy) is 1. The molecule has 1 heterocycles. The van der Waals surface area contributed by atoms with Crippen LogP contribution in [0.15, 0.2) is 12.4 Å². The molecular weight excluding hydrogens is 214 g/mol. The van der Waals surface area contributed by atoms with Crippen LogP contribution in [0.4, 0.5) is 5.82 Å². The van der Waals surface area contributed by atoms with Gasteiger partial charge in [-0.1, -0.05) is 0 Å². The number of nitrogens with zero attached hydrogens (tertiary/aromatic N) is 2. The lowest BCUT2D eigenvalue weighted by Gasteiger charge is -2.10. The van der Waals surface area contributed by atoms with E-state index in [-0.39, 0.29) is 5.38 Å². The van der Waals surface area contributed by atoms with Crippen molar-refractivity contribution in [2.24, 2.45) is 0 Å². The Morgan fingerprint density at radius 2 is 2.20 bits per heavy atom. The first-order chi connectivity index (χ1) is 7.24. The number of hydrogen-bond acceptors (Lipinski definition) is 4. The fraction of sp³-hybridized carbons (Fsp3) is 0.600. The Bertz CT molecular complexity index is 296. The van der Waals surface area contributed by atoms with Gasteiger partial charge in [0.2, 0.25) is 0 Å². The molecule has 84 valence electrons. The zero-order valence-corrected chi connectivity index (χ0v) is 9.79. The SMILES string of the molecule is COCC(Cl)CCNc1nccnc1C. The van der Waals surface area contributed by atoms with E-state index in [1.54, 1.807) is 19.5 Å². The molecule has 15 heavy (non-hydrogen) atoms. The maximum atomic E-state index is 5.99. The minimum absolute atomic E-state index is 0.0412. The molecule has 0 aliphatic heterocycles. The molecule has 0 bridgehead atoms. The lowest BCUT2D eigenvalue weighted by molar-refractivity contribution is 0.196. The Kier molecular flexibility index (Phi) is 5.36. The molecule has 0 aliphatic rings. The standard InChI is InChI=1S/C10H16ClN3O/c1-8-10(14-6-5-12-8)13-4-3-9(11)7-15-2/h5-6,9H,3-4,7H2,1-2H3,(H,13,14). The summed E-state index contributed by atoms with van der Waals surface area (Å²) < 4.78 is 4.94. The van der Waals surface area contributed by atoms with Crippen molar-refractivity contribution < 1.29 is 4.74 Å². The van der Waals surface area contributed by atoms with Crippen LogP contribution in [0.25, 0.3) is 0 Å². The Morgan fingerprint density at radius 3 is 2.87 bits per heavy atom. The van der Waals surface area contributed by atoms with Gasteiger partial charge in [0.05, 0.1) is 17.7 Å². The van der Waals surface area contributed by atoms with Crippen LogP contribution in [-0.2, 0) is 4.74 Å². The van der Waals surface area contributed by atoms with E-state index in [9.17, 15) is 0 Å². The third-order valence-corrected chi connectivity index (χ3v) is 2.32. The highest BCUT2D eigenvalue weighted by Crippen LogP contribution is 2.07. The third-order valence-electron chi connectivity index (χ3n) is 1.98. The summed E-state index contributed by atoms with van der Waals surface area (Å²) in [6, 6.07) is 0. The number of methoxy groups -OCH3 is 1. The van der Waals surface area contributed by atoms with Crippen molar-refractivity contribution in [1.82, 2.24) is 9.97 Å². The Morgan fingerprint density at radius 1 is 1.47 bits per heavy atom. The summed E-state index contributed by atoms with van der Waals surface area (Å²) in [5.41, 5.74) is 0.898. The first-order valence-electron chi connectivity index (χ1n) is 4.88. The highest BCUT2D eigenvalue weighted by atomic mass is 35.5. The highest BCUT2D eigenvalue weighted by Gasteiger charge is 2.04. The Labute approximate surface area is 95.0 Å². The maximum Gasteiger partial charge on any atom is 0.147 e. The molecule has 0 saturated carbocycles. The van der Waals surface area contributed by atoms with Crippen LogP contribution >= 0.6 is 11.6 Å². The summed E-state index contributed by atoms with van der Waals surface area (Å²) in [6.07, 6.45) is 4.18. The van der Waals surface area contributed by atoms with Gasteiger partial charge in [-0.05, 0) is 13.3 Å². The number of nitrogens with one attached hydrogen (secondary N) is 1. The van der Waals surface area contributed by atoms with Gasteiger partial charge in [-0.3, -0.25) is 4.98 Å². The van der Waals surface area contributed by atoms with Crippen LogP contribution in [0.2, 0.25) is 0 Å². The van der Waals surface area contributed by atoms with Crippen LogP contribution in [-0.4, -0.2) is 35.6 Å². The highest BCUT2D eigenvalue weighted by molar-refractivity contribution is 6.20. The van der Waals surface area contributed by atoms with Gasteiger partial charge in [0.1, 0.15) is 5.82 Å². The van der Waals surface area contributed by atoms with Gasteiger partial charge in [-0.15, -0.1) is 11.6 Å². The number of anilines is 1. The monoisotopic (exact) mass is 229 g/mol. The van der Waals surface area contributed by atoms with Gasteiger partial charge < -0.3 is 10.1 Å². The molecule has 1 aromatic rings. The van der Waals surface area contributed by atoms with E-state index in [0.29, 0.717) is 6.61 Å². The fourth-order valence-electron chi connectivity index (χ4n) is 1.19. The van der Waals surface area contributed by atoms with Crippen molar-refractivity contribution in [2.45, 2.75) is 18.7 Å². The van der Waals surface area contributed by atoms with E-state index in [1.807, 2.05) is 6.92 Å². The fourth-order valence-corrected chi connectivity index (χ4v) is 1.43. The summed E-state index contributed by atoms with van der Waals surface area (Å²) in [5, 5.41) is 3.23. The van der Waals surface area contributed by atoms with E-state index >= 15 is 0 Å². The summed E-state index contributed by atoms with van der Waals surface area (Å²) in [6.45, 7) is 3.27. The number of alkyl halides is 1. The lowest BCUT2D eigenvalue weighted by Crippen LogP contribution is -2.14. The van der Waals surface area contributed by atoms with Gasteiger partial charge in [-0.25, -0.2) is 4.98 Å². The zero-order chi connectivity index (χ0) is 11.1. The van der Waals surface area contributed by atoms with Crippen LogP contribution in [0.1, 0.15) is 12.1 Å². The molecule has 0 saturated heterocycles. The molecule has 1 N–H and O–H groups in total. The molecule has 4 nitrogen and oxygen atoms in total. The van der Waals surface area contributed by atoms with Crippen molar-refractivity contribution in [2.75, 3.05) is 25.6 Å². The summed E-state index contributed by atoms with van der Waals surface area (Å²) in [5.74, 6) is 0.818. The van der Waals surface area contributed by atoms with Crippen molar-refractivity contribution in [1.29, 1.82) is 0 Å². The zero-order valence-electron chi connectivity index (χ0n) is 9.03. The first kappa shape index (κ1) is 12.2. The topological polar surface area (TPSA) is 47.0 Å². The summed E-state index contributed by atoms with van der Waals surface area (Å²) in [4.78, 5) is 8.30. The van der Waals surface area contributed by atoms with Crippen LogP contribution in [0, 0.1) is 6.92 Å². The molecule has 0 fully saturated rings. The predicted molar refractivity (Wildman–Crippen MR) is 61.4 cm³/mol. The summed E-state index contributed by atoms with van der Waals surface area (Å²) >= 11 is 5.99. The van der Waals surface area contributed by atoms with Crippen molar-refractivity contribution in [3.8, 4) is 0 Å². The maximum absolute atomic E-state index is 5.99. The number of hydrogen-bond donors (Lipinski definition) is 1. The second-order valence-electron chi connectivity index (χ2n) is 3.26. The van der Waals surface area contributed by atoms with Gasteiger partial charge in [-0.2, -0.15) is 0 Å². The van der Waals surface area contributed by atoms with Crippen molar-refractivity contribution in [3.05, 3.63) is 18.1 Å². The van der Waals surface area contributed by atoms with Crippen LogP contribution in [0.5, 0.6) is 0 Å². The van der Waals surface area contributed by atoms with E-state index in [1.165, 1.54) is 0 Å². The van der Waals surface area contributed by atoms with E-state index in [0.717, 1.165) is 24.5 Å². The summed E-state index contributed by atoms with van der Waals surface area (Å²) in [7, 11) is 1.65. The lowest BCUT2D eigenvalue weighted by atomic mass is 10.3. The molecule has 0 aliphatic carbocycles. The smallest absolute Gasteiger partial charge is 0.147 e. The van der Waals surface area contributed by atoms with Gasteiger partial charge in [0.15, 0.2) is 0 Å². The molecule has 1 rings (SSSR count). The number of halogens is 1. The Balaban J connectivity index is 2.29. The van der Waals surface area contributed by atoms with Crippen LogP contribution in [0.3, 0.4) is 0 Å². The normalized spacial score (nSPS) is 12.5. The third kappa shape index (κ3) is 4.44. The van der Waals surface area contributed by atoms with Crippen LogP contribution < -0.4 is 5.32 Å². The first-order valence-corrected chi connectivity index (χ1v) is 5.32. The average molecular weight is 230 g/mol. The molecule has 0 radical (unpaired) electrons. The number of rotatable bonds is 6. The second-order valence-corrected chi connectivity index (χ2v) is 3.88. The largest absolute Gasteiger partial charge is 0.383 e. The molecule has 0 aromatic carbocycles. The Hall–Kier alpha value is -0.870. The minimum Gasteiger partial charge on any atom is -0.383 e.